The first-order valence-electron chi connectivity index (χ1n) is 17.0. The van der Waals surface area contributed by atoms with Gasteiger partial charge in [-0.25, -0.2) is 16.8 Å². The van der Waals surface area contributed by atoms with E-state index in [9.17, 15) is 25.9 Å². The summed E-state index contributed by atoms with van der Waals surface area (Å²) in [6, 6.07) is 0. The van der Waals surface area contributed by atoms with E-state index in [1.807, 2.05) is 0 Å². The average Bonchev–Trinajstić information content (AvgIpc) is 2.88. The molecule has 244 valence electrons. The van der Waals surface area contributed by atoms with Gasteiger partial charge in [-0.05, 0) is 12.8 Å². The molecule has 0 aromatic heterocycles. The van der Waals surface area contributed by atoms with Crippen molar-refractivity contribution in [3.05, 3.63) is 0 Å². The second kappa shape index (κ2) is 35.9. The first-order valence-corrected chi connectivity index (χ1v) is 20.1. The van der Waals surface area contributed by atoms with Gasteiger partial charge in [0.05, 0.1) is 20.2 Å². The Kier molecular flexibility index (Phi) is 40.9. The Labute approximate surface area is 297 Å². The molecule has 0 aromatic carbocycles. The monoisotopic (exact) mass is 748 g/mol. The van der Waals surface area contributed by atoms with Crippen molar-refractivity contribution in [2.75, 3.05) is 11.5 Å². The van der Waals surface area contributed by atoms with Crippen molar-refractivity contribution in [1.29, 1.82) is 0 Å². The van der Waals surface area contributed by atoms with E-state index in [2.05, 4.69) is 13.8 Å². The van der Waals surface area contributed by atoms with Crippen LogP contribution in [-0.2, 0) is 20.2 Å². The molecular weight excluding hydrogens is 682 g/mol. The molecule has 0 rings (SSSR count). The molecule has 0 aliphatic rings. The van der Waals surface area contributed by atoms with Crippen molar-refractivity contribution in [3.8, 4) is 0 Å². The van der Waals surface area contributed by atoms with Crippen LogP contribution in [-0.4, -0.2) is 86.3 Å². The maximum atomic E-state index is 10.4. The van der Waals surface area contributed by atoms with E-state index in [4.69, 9.17) is 0 Å². The number of hydrogen-bond donors (Lipinski definition) is 0. The van der Waals surface area contributed by atoms with E-state index in [1.165, 1.54) is 141 Å². The summed E-state index contributed by atoms with van der Waals surface area (Å²) in [4.78, 5) is 0. The van der Waals surface area contributed by atoms with Crippen molar-refractivity contribution in [2.45, 2.75) is 194 Å². The SMILES string of the molecule is CCCCCCCCCCCCCCCCS(=O)(=O)[O-].CCCCCCCCCCCCCCCCS(=O)(=O)[O-].[Ba+2]. The van der Waals surface area contributed by atoms with Crippen LogP contribution in [0.3, 0.4) is 0 Å². The van der Waals surface area contributed by atoms with E-state index in [0.29, 0.717) is 12.8 Å². The van der Waals surface area contributed by atoms with Gasteiger partial charge in [0.2, 0.25) is 0 Å². The van der Waals surface area contributed by atoms with Gasteiger partial charge in [0, 0.05) is 11.5 Å². The van der Waals surface area contributed by atoms with Crippen molar-refractivity contribution in [2.24, 2.45) is 0 Å². The second-order valence-corrected chi connectivity index (χ2v) is 14.8. The topological polar surface area (TPSA) is 114 Å². The quantitative estimate of drug-likeness (QED) is 0.0411. The van der Waals surface area contributed by atoms with Gasteiger partial charge < -0.3 is 9.11 Å². The molecule has 0 saturated carbocycles. The third-order valence-electron chi connectivity index (χ3n) is 7.50. The van der Waals surface area contributed by atoms with Crippen LogP contribution in [0.25, 0.3) is 0 Å². The maximum Gasteiger partial charge on any atom is 2.00 e. The van der Waals surface area contributed by atoms with E-state index < -0.39 is 20.2 Å². The number of unbranched alkanes of at least 4 members (excludes halogenated alkanes) is 26. The molecule has 0 amide bonds. The van der Waals surface area contributed by atoms with Crippen LogP contribution < -0.4 is 0 Å². The van der Waals surface area contributed by atoms with Crippen LogP contribution >= 0.6 is 0 Å². The molecule has 0 radical (unpaired) electrons. The van der Waals surface area contributed by atoms with Gasteiger partial charge in [0.25, 0.3) is 0 Å². The third kappa shape index (κ3) is 51.3. The normalized spacial score (nSPS) is 11.6. The summed E-state index contributed by atoms with van der Waals surface area (Å²) < 4.78 is 62.4. The van der Waals surface area contributed by atoms with Crippen LogP contribution in [0.2, 0.25) is 0 Å². The van der Waals surface area contributed by atoms with Crippen molar-refractivity contribution < 1.29 is 25.9 Å². The third-order valence-corrected chi connectivity index (χ3v) is 9.07. The van der Waals surface area contributed by atoms with Crippen LogP contribution in [0, 0.1) is 0 Å². The average molecular weight is 748 g/mol. The molecule has 0 aliphatic carbocycles. The Bertz CT molecular complexity index is 639. The minimum atomic E-state index is -3.99. The van der Waals surface area contributed by atoms with E-state index >= 15 is 0 Å². The second-order valence-electron chi connectivity index (χ2n) is 11.7. The largest absolute Gasteiger partial charge is 2.00 e. The molecule has 9 heteroatoms. The minimum Gasteiger partial charge on any atom is -0.748 e. The van der Waals surface area contributed by atoms with Gasteiger partial charge in [0.15, 0.2) is 0 Å². The number of hydrogen-bond acceptors (Lipinski definition) is 6. The molecule has 41 heavy (non-hydrogen) atoms. The summed E-state index contributed by atoms with van der Waals surface area (Å²) in [7, 11) is -7.98. The molecule has 0 saturated heterocycles. The molecule has 0 spiro atoms. The van der Waals surface area contributed by atoms with Gasteiger partial charge in [-0.15, -0.1) is 0 Å². The molecule has 0 atom stereocenters. The van der Waals surface area contributed by atoms with Gasteiger partial charge in [0.1, 0.15) is 0 Å². The summed E-state index contributed by atoms with van der Waals surface area (Å²) in [5, 5.41) is 0. The fourth-order valence-electron chi connectivity index (χ4n) is 4.95. The standard InChI is InChI=1S/2C16H34O3S.Ba/c2*1-2-3-4-5-6-7-8-9-10-11-12-13-14-15-16-20(17,18)19;/h2*2-16H2,1H3,(H,17,18,19);/q;;+2/p-2. The van der Waals surface area contributed by atoms with Crippen LogP contribution in [0.15, 0.2) is 0 Å². The Hall–Kier alpha value is 1.39. The van der Waals surface area contributed by atoms with Gasteiger partial charge in [-0.1, -0.05) is 181 Å². The summed E-state index contributed by atoms with van der Waals surface area (Å²) in [6.45, 7) is 4.50. The van der Waals surface area contributed by atoms with Crippen molar-refractivity contribution >= 4 is 69.1 Å². The van der Waals surface area contributed by atoms with E-state index in [-0.39, 0.29) is 60.4 Å². The summed E-state index contributed by atoms with van der Waals surface area (Å²) in [5.74, 6) is -0.379. The van der Waals surface area contributed by atoms with E-state index in [1.54, 1.807) is 0 Å². The van der Waals surface area contributed by atoms with Gasteiger partial charge in [-0.2, -0.15) is 0 Å². The van der Waals surface area contributed by atoms with Gasteiger partial charge >= 0.3 is 48.9 Å². The molecular formula is C32H66BaO6S2. The van der Waals surface area contributed by atoms with Gasteiger partial charge in [-0.3, -0.25) is 0 Å². The zero-order valence-corrected chi connectivity index (χ0v) is 33.3. The molecule has 0 unspecified atom stereocenters. The smallest absolute Gasteiger partial charge is 0.748 e. The zero-order chi connectivity index (χ0) is 30.2. The number of rotatable bonds is 30. The first kappa shape index (κ1) is 46.8. The fourth-order valence-corrected chi connectivity index (χ4v) is 6.06. The predicted octanol–water partition coefficient (Wildman–Crippen LogP) is 9.64. The predicted molar refractivity (Wildman–Crippen MR) is 176 cm³/mol. The first-order chi connectivity index (χ1) is 19.1. The Morgan fingerprint density at radius 2 is 0.463 bits per heavy atom. The Morgan fingerprint density at radius 1 is 0.317 bits per heavy atom. The summed E-state index contributed by atoms with van der Waals surface area (Å²) in [6.07, 6.45) is 34.3. The molecule has 0 aliphatic heterocycles. The van der Waals surface area contributed by atoms with Crippen LogP contribution in [0.4, 0.5) is 0 Å². The van der Waals surface area contributed by atoms with Crippen LogP contribution in [0.5, 0.6) is 0 Å². The van der Waals surface area contributed by atoms with Crippen molar-refractivity contribution in [3.63, 3.8) is 0 Å². The summed E-state index contributed by atoms with van der Waals surface area (Å²) in [5.41, 5.74) is 0. The molecule has 0 heterocycles. The zero-order valence-electron chi connectivity index (χ0n) is 27.2. The minimum absolute atomic E-state index is 0. The molecule has 6 nitrogen and oxygen atoms in total. The molecule has 0 N–H and O–H groups in total. The van der Waals surface area contributed by atoms with Crippen LogP contribution in [0.1, 0.15) is 194 Å². The summed E-state index contributed by atoms with van der Waals surface area (Å²) >= 11 is 0. The Morgan fingerprint density at radius 3 is 0.610 bits per heavy atom. The maximum absolute atomic E-state index is 10.4. The fraction of sp³-hybridized carbons (Fsp3) is 1.00. The molecule has 0 aromatic rings. The Balaban J connectivity index is -0.000000688. The molecule has 0 fully saturated rings. The molecule has 0 bridgehead atoms. The van der Waals surface area contributed by atoms with Crippen molar-refractivity contribution in [1.82, 2.24) is 0 Å². The van der Waals surface area contributed by atoms with E-state index in [0.717, 1.165) is 25.7 Å².